The molecule has 0 radical (unpaired) electrons. The summed E-state index contributed by atoms with van der Waals surface area (Å²) >= 11 is 3.41. The molecule has 0 atom stereocenters. The van der Waals surface area contributed by atoms with Crippen molar-refractivity contribution >= 4 is 21.8 Å². The second-order valence-corrected chi connectivity index (χ2v) is 6.70. The molecule has 20 heavy (non-hydrogen) atoms. The molecule has 3 heteroatoms. The minimum absolute atomic E-state index is 0.0229. The summed E-state index contributed by atoms with van der Waals surface area (Å²) in [6, 6.07) is 7.73. The zero-order valence-electron chi connectivity index (χ0n) is 12.8. The van der Waals surface area contributed by atoms with Crippen molar-refractivity contribution in [2.75, 3.05) is 6.54 Å². The highest BCUT2D eigenvalue weighted by molar-refractivity contribution is 9.08. The first-order chi connectivity index (χ1) is 9.48. The van der Waals surface area contributed by atoms with Crippen LogP contribution in [0.25, 0.3) is 0 Å². The molecule has 0 heterocycles. The van der Waals surface area contributed by atoms with Crippen LogP contribution in [0.15, 0.2) is 24.3 Å². The maximum absolute atomic E-state index is 12.1. The first kappa shape index (κ1) is 17.2. The summed E-state index contributed by atoms with van der Waals surface area (Å²) in [5, 5.41) is 3.87. The van der Waals surface area contributed by atoms with Crippen molar-refractivity contribution in [2.24, 2.45) is 5.41 Å². The molecule has 1 N–H and O–H groups in total. The van der Waals surface area contributed by atoms with Crippen molar-refractivity contribution in [1.82, 2.24) is 5.32 Å². The largest absolute Gasteiger partial charge is 0.352 e. The number of unbranched alkanes of at least 4 members (excludes halogenated alkanes) is 2. The summed E-state index contributed by atoms with van der Waals surface area (Å²) in [5.74, 6) is 0.0229. The van der Waals surface area contributed by atoms with Gasteiger partial charge in [0.15, 0.2) is 0 Å². The second-order valence-electron chi connectivity index (χ2n) is 6.13. The minimum Gasteiger partial charge on any atom is -0.352 e. The van der Waals surface area contributed by atoms with E-state index in [0.29, 0.717) is 0 Å². The summed E-state index contributed by atoms with van der Waals surface area (Å²) < 4.78 is 0. The molecule has 0 aliphatic rings. The molecule has 0 aliphatic heterocycles. The van der Waals surface area contributed by atoms with Gasteiger partial charge in [0.05, 0.1) is 0 Å². The van der Waals surface area contributed by atoms with E-state index in [0.717, 1.165) is 23.9 Å². The maximum atomic E-state index is 12.1. The number of hydrogen-bond donors (Lipinski definition) is 1. The number of benzene rings is 1. The molecule has 1 rings (SSSR count). The van der Waals surface area contributed by atoms with Crippen LogP contribution in [0, 0.1) is 5.41 Å². The molecule has 1 aromatic rings. The molecule has 0 spiro atoms. The molecule has 0 bridgehead atoms. The number of amides is 1. The van der Waals surface area contributed by atoms with Crippen molar-refractivity contribution < 1.29 is 4.79 Å². The number of rotatable bonds is 8. The van der Waals surface area contributed by atoms with E-state index in [1.54, 1.807) is 0 Å². The third-order valence-corrected chi connectivity index (χ3v) is 4.20. The van der Waals surface area contributed by atoms with Crippen LogP contribution in [-0.2, 0) is 5.33 Å². The van der Waals surface area contributed by atoms with Crippen molar-refractivity contribution in [3.05, 3.63) is 35.4 Å². The molecular weight excluding hydrogens is 314 g/mol. The Kier molecular flexibility index (Phi) is 7.28. The molecule has 0 aromatic heterocycles. The van der Waals surface area contributed by atoms with Crippen LogP contribution in [-0.4, -0.2) is 12.5 Å². The molecule has 0 aliphatic carbocycles. The van der Waals surface area contributed by atoms with Crippen LogP contribution in [0.5, 0.6) is 0 Å². The molecule has 112 valence electrons. The molecule has 0 saturated heterocycles. The quantitative estimate of drug-likeness (QED) is 0.528. The van der Waals surface area contributed by atoms with E-state index in [2.05, 4.69) is 42.0 Å². The van der Waals surface area contributed by atoms with Gasteiger partial charge in [0.1, 0.15) is 0 Å². The van der Waals surface area contributed by atoms with Gasteiger partial charge in [0.25, 0.3) is 5.91 Å². The second kappa shape index (κ2) is 8.46. The van der Waals surface area contributed by atoms with E-state index < -0.39 is 0 Å². The van der Waals surface area contributed by atoms with Gasteiger partial charge in [-0.25, -0.2) is 0 Å². The Morgan fingerprint density at radius 2 is 1.85 bits per heavy atom. The highest BCUT2D eigenvalue weighted by Crippen LogP contribution is 2.22. The Morgan fingerprint density at radius 1 is 1.20 bits per heavy atom. The maximum Gasteiger partial charge on any atom is 0.251 e. The van der Waals surface area contributed by atoms with Gasteiger partial charge < -0.3 is 5.32 Å². The zero-order chi connectivity index (χ0) is 15.0. The van der Waals surface area contributed by atoms with E-state index in [-0.39, 0.29) is 11.3 Å². The molecule has 1 amide bonds. The minimum atomic E-state index is 0.0229. The summed E-state index contributed by atoms with van der Waals surface area (Å²) in [5.41, 5.74) is 2.08. The van der Waals surface area contributed by atoms with Crippen LogP contribution < -0.4 is 5.32 Å². The fraction of sp³-hybridized carbons (Fsp3) is 0.588. The van der Waals surface area contributed by atoms with Crippen molar-refractivity contribution in [1.29, 1.82) is 0 Å². The average Bonchev–Trinajstić information content (AvgIpc) is 2.45. The van der Waals surface area contributed by atoms with E-state index in [9.17, 15) is 4.79 Å². The van der Waals surface area contributed by atoms with Gasteiger partial charge in [-0.05, 0) is 29.5 Å². The van der Waals surface area contributed by atoms with Gasteiger partial charge in [-0.2, -0.15) is 0 Å². The van der Waals surface area contributed by atoms with Crippen molar-refractivity contribution in [3.63, 3.8) is 0 Å². The Bertz CT molecular complexity index is 412. The first-order valence-electron chi connectivity index (χ1n) is 7.41. The zero-order valence-corrected chi connectivity index (χ0v) is 14.4. The van der Waals surface area contributed by atoms with Crippen LogP contribution in [0.4, 0.5) is 0 Å². The van der Waals surface area contributed by atoms with E-state index in [1.807, 2.05) is 24.3 Å². The van der Waals surface area contributed by atoms with Crippen LogP contribution in [0.2, 0.25) is 0 Å². The van der Waals surface area contributed by atoms with Gasteiger partial charge in [-0.1, -0.05) is 68.1 Å². The van der Waals surface area contributed by atoms with Gasteiger partial charge in [-0.3, -0.25) is 4.79 Å². The van der Waals surface area contributed by atoms with E-state index in [4.69, 9.17) is 0 Å². The Labute approximate surface area is 131 Å². The lowest BCUT2D eigenvalue weighted by Crippen LogP contribution is -2.34. The topological polar surface area (TPSA) is 29.1 Å². The summed E-state index contributed by atoms with van der Waals surface area (Å²) in [4.78, 5) is 12.1. The number of carbonyl (C=O) groups excluding carboxylic acids is 1. The number of halogens is 1. The molecule has 0 saturated carbocycles. The molecule has 0 unspecified atom stereocenters. The van der Waals surface area contributed by atoms with Gasteiger partial charge in [-0.15, -0.1) is 0 Å². The third-order valence-electron chi connectivity index (χ3n) is 3.56. The summed E-state index contributed by atoms with van der Waals surface area (Å²) in [6.45, 7) is 7.38. The lowest BCUT2D eigenvalue weighted by Gasteiger charge is -2.25. The normalized spacial score (nSPS) is 11.4. The SMILES string of the molecule is CCCCCC(C)(C)CNC(=O)c1ccc(CBr)cc1. The number of alkyl halides is 1. The lowest BCUT2D eigenvalue weighted by atomic mass is 9.87. The number of nitrogens with one attached hydrogen (secondary N) is 1. The highest BCUT2D eigenvalue weighted by Gasteiger charge is 2.18. The molecule has 2 nitrogen and oxygen atoms in total. The van der Waals surface area contributed by atoms with Crippen LogP contribution in [0.1, 0.15) is 62.4 Å². The molecular formula is C17H26BrNO. The van der Waals surface area contributed by atoms with Crippen LogP contribution in [0.3, 0.4) is 0 Å². The van der Waals surface area contributed by atoms with Gasteiger partial charge >= 0.3 is 0 Å². The number of hydrogen-bond acceptors (Lipinski definition) is 1. The summed E-state index contributed by atoms with van der Waals surface area (Å²) in [6.07, 6.45) is 4.90. The first-order valence-corrected chi connectivity index (χ1v) is 8.54. The Hall–Kier alpha value is -0.830. The fourth-order valence-electron chi connectivity index (χ4n) is 2.11. The predicted octanol–water partition coefficient (Wildman–Crippen LogP) is 4.92. The Balaban J connectivity index is 2.45. The summed E-state index contributed by atoms with van der Waals surface area (Å²) in [7, 11) is 0. The fourth-order valence-corrected chi connectivity index (χ4v) is 2.48. The van der Waals surface area contributed by atoms with Crippen molar-refractivity contribution in [3.8, 4) is 0 Å². The lowest BCUT2D eigenvalue weighted by molar-refractivity contribution is 0.0934. The van der Waals surface area contributed by atoms with E-state index >= 15 is 0 Å². The van der Waals surface area contributed by atoms with Gasteiger partial charge in [0, 0.05) is 17.4 Å². The third kappa shape index (κ3) is 6.08. The molecule has 0 fully saturated rings. The predicted molar refractivity (Wildman–Crippen MR) is 89.3 cm³/mol. The monoisotopic (exact) mass is 339 g/mol. The van der Waals surface area contributed by atoms with Crippen molar-refractivity contribution in [2.45, 2.75) is 51.8 Å². The standard InChI is InChI=1S/C17H26BrNO/c1-4-5-6-11-17(2,3)13-19-16(20)15-9-7-14(12-18)8-10-15/h7-10H,4-6,11-13H2,1-3H3,(H,19,20). The Morgan fingerprint density at radius 3 is 2.40 bits per heavy atom. The molecule has 1 aromatic carbocycles. The highest BCUT2D eigenvalue weighted by atomic mass is 79.9. The van der Waals surface area contributed by atoms with E-state index in [1.165, 1.54) is 24.8 Å². The van der Waals surface area contributed by atoms with Gasteiger partial charge in [0.2, 0.25) is 0 Å². The van der Waals surface area contributed by atoms with Crippen LogP contribution >= 0.6 is 15.9 Å². The number of carbonyl (C=O) groups is 1. The smallest absolute Gasteiger partial charge is 0.251 e. The average molecular weight is 340 g/mol.